The van der Waals surface area contributed by atoms with Crippen molar-refractivity contribution in [2.75, 3.05) is 18.5 Å². The number of rotatable bonds is 3. The molecule has 2 heterocycles. The summed E-state index contributed by atoms with van der Waals surface area (Å²) in [5.41, 5.74) is 2.07. The standard InChI is InChI=1S/C12H14N4O/c1-8-13-12(16-15-8)10-4-2-3-5-11(10)14-9-6-17-7-9/h2-5,9,14H,6-7H2,1H3,(H,13,15,16). The Bertz CT molecular complexity index is 519. The molecule has 17 heavy (non-hydrogen) atoms. The number of aromatic amines is 1. The van der Waals surface area contributed by atoms with Gasteiger partial charge in [-0.2, -0.15) is 5.10 Å². The number of hydrogen-bond acceptors (Lipinski definition) is 4. The van der Waals surface area contributed by atoms with Crippen LogP contribution < -0.4 is 5.32 Å². The second-order valence-corrected chi connectivity index (χ2v) is 4.17. The summed E-state index contributed by atoms with van der Waals surface area (Å²) < 4.78 is 5.16. The molecule has 1 aliphatic heterocycles. The minimum Gasteiger partial charge on any atom is -0.377 e. The number of anilines is 1. The summed E-state index contributed by atoms with van der Waals surface area (Å²) in [6.07, 6.45) is 0. The van der Waals surface area contributed by atoms with Crippen LogP contribution in [-0.2, 0) is 4.74 Å². The van der Waals surface area contributed by atoms with Crippen molar-refractivity contribution in [3.8, 4) is 11.4 Å². The Balaban J connectivity index is 1.92. The molecule has 0 aliphatic carbocycles. The van der Waals surface area contributed by atoms with E-state index in [0.29, 0.717) is 6.04 Å². The van der Waals surface area contributed by atoms with Gasteiger partial charge in [-0.15, -0.1) is 0 Å². The van der Waals surface area contributed by atoms with E-state index in [9.17, 15) is 0 Å². The smallest absolute Gasteiger partial charge is 0.183 e. The van der Waals surface area contributed by atoms with E-state index in [1.54, 1.807) is 0 Å². The van der Waals surface area contributed by atoms with Gasteiger partial charge in [0.2, 0.25) is 0 Å². The molecular formula is C12H14N4O. The monoisotopic (exact) mass is 230 g/mol. The third-order valence-corrected chi connectivity index (χ3v) is 2.76. The second-order valence-electron chi connectivity index (χ2n) is 4.17. The van der Waals surface area contributed by atoms with Crippen molar-refractivity contribution in [3.63, 3.8) is 0 Å². The minimum atomic E-state index is 0.399. The molecule has 0 atom stereocenters. The number of hydrogen-bond donors (Lipinski definition) is 2. The summed E-state index contributed by atoms with van der Waals surface area (Å²) in [7, 11) is 0. The van der Waals surface area contributed by atoms with Crippen LogP contribution in [0.4, 0.5) is 5.69 Å². The first-order valence-corrected chi connectivity index (χ1v) is 5.65. The molecule has 1 aromatic carbocycles. The van der Waals surface area contributed by atoms with E-state index in [1.165, 1.54) is 0 Å². The Hall–Kier alpha value is -1.88. The molecule has 1 saturated heterocycles. The van der Waals surface area contributed by atoms with Crippen molar-refractivity contribution < 1.29 is 4.74 Å². The summed E-state index contributed by atoms with van der Waals surface area (Å²) in [5.74, 6) is 1.55. The van der Waals surface area contributed by atoms with Gasteiger partial charge in [-0.05, 0) is 19.1 Å². The molecule has 0 saturated carbocycles. The number of nitrogens with zero attached hydrogens (tertiary/aromatic N) is 2. The Labute approximate surface area is 99.2 Å². The SMILES string of the molecule is Cc1nc(-c2ccccc2NC2COC2)n[nH]1. The number of ether oxygens (including phenoxy) is 1. The lowest BCUT2D eigenvalue weighted by molar-refractivity contribution is 0.0211. The Morgan fingerprint density at radius 1 is 1.35 bits per heavy atom. The van der Waals surface area contributed by atoms with Crippen molar-refractivity contribution in [3.05, 3.63) is 30.1 Å². The van der Waals surface area contributed by atoms with Crippen molar-refractivity contribution in [2.45, 2.75) is 13.0 Å². The lowest BCUT2D eigenvalue weighted by Crippen LogP contribution is -2.40. The molecule has 1 aliphatic rings. The van der Waals surface area contributed by atoms with E-state index in [0.717, 1.165) is 36.1 Å². The summed E-state index contributed by atoms with van der Waals surface area (Å²) in [5, 5.41) is 10.5. The van der Waals surface area contributed by atoms with Crippen molar-refractivity contribution >= 4 is 5.69 Å². The van der Waals surface area contributed by atoms with Gasteiger partial charge < -0.3 is 10.1 Å². The molecule has 2 N–H and O–H groups in total. The molecule has 88 valence electrons. The van der Waals surface area contributed by atoms with Crippen LogP contribution in [0, 0.1) is 6.92 Å². The Morgan fingerprint density at radius 2 is 2.18 bits per heavy atom. The fourth-order valence-electron chi connectivity index (χ4n) is 1.81. The van der Waals surface area contributed by atoms with Crippen LogP contribution in [0.3, 0.4) is 0 Å². The normalized spacial score (nSPS) is 15.6. The molecule has 0 unspecified atom stereocenters. The fourth-order valence-corrected chi connectivity index (χ4v) is 1.81. The number of H-pyrrole nitrogens is 1. The molecular weight excluding hydrogens is 216 g/mol. The van der Waals surface area contributed by atoms with Gasteiger partial charge in [-0.25, -0.2) is 4.98 Å². The van der Waals surface area contributed by atoms with E-state index in [2.05, 4.69) is 20.5 Å². The third kappa shape index (κ3) is 2.01. The summed E-state index contributed by atoms with van der Waals surface area (Å²) in [4.78, 5) is 4.35. The predicted octanol–water partition coefficient (Wildman–Crippen LogP) is 1.59. The molecule has 0 spiro atoms. The first-order valence-electron chi connectivity index (χ1n) is 5.65. The zero-order chi connectivity index (χ0) is 11.7. The lowest BCUT2D eigenvalue weighted by Gasteiger charge is -2.28. The van der Waals surface area contributed by atoms with Crippen molar-refractivity contribution in [2.24, 2.45) is 0 Å². The van der Waals surface area contributed by atoms with Crippen LogP contribution in [0.1, 0.15) is 5.82 Å². The van der Waals surface area contributed by atoms with Gasteiger partial charge in [0, 0.05) is 11.3 Å². The molecule has 0 amide bonds. The highest BCUT2D eigenvalue weighted by Gasteiger charge is 2.19. The number of para-hydroxylation sites is 1. The van der Waals surface area contributed by atoms with Gasteiger partial charge >= 0.3 is 0 Å². The van der Waals surface area contributed by atoms with E-state index < -0.39 is 0 Å². The first-order chi connectivity index (χ1) is 8.33. The van der Waals surface area contributed by atoms with Gasteiger partial charge in [0.15, 0.2) is 5.82 Å². The predicted molar refractivity (Wildman–Crippen MR) is 64.8 cm³/mol. The zero-order valence-electron chi connectivity index (χ0n) is 9.60. The molecule has 2 aromatic rings. The van der Waals surface area contributed by atoms with Crippen molar-refractivity contribution in [1.29, 1.82) is 0 Å². The fraction of sp³-hybridized carbons (Fsp3) is 0.333. The number of nitrogens with one attached hydrogen (secondary N) is 2. The highest BCUT2D eigenvalue weighted by Crippen LogP contribution is 2.26. The molecule has 0 bridgehead atoms. The summed E-state index contributed by atoms with van der Waals surface area (Å²) >= 11 is 0. The number of aromatic nitrogens is 3. The van der Waals surface area contributed by atoms with E-state index in [-0.39, 0.29) is 0 Å². The largest absolute Gasteiger partial charge is 0.377 e. The number of benzene rings is 1. The van der Waals surface area contributed by atoms with Crippen LogP contribution in [0.2, 0.25) is 0 Å². The van der Waals surface area contributed by atoms with Crippen LogP contribution in [0.5, 0.6) is 0 Å². The maximum atomic E-state index is 5.16. The lowest BCUT2D eigenvalue weighted by atomic mass is 10.1. The van der Waals surface area contributed by atoms with Gasteiger partial charge in [-0.1, -0.05) is 12.1 Å². The quantitative estimate of drug-likeness (QED) is 0.840. The Kier molecular flexibility index (Phi) is 2.53. The van der Waals surface area contributed by atoms with Gasteiger partial charge in [-0.3, -0.25) is 5.10 Å². The van der Waals surface area contributed by atoms with Crippen LogP contribution in [0.25, 0.3) is 11.4 Å². The molecule has 1 aromatic heterocycles. The molecule has 1 fully saturated rings. The molecule has 0 radical (unpaired) electrons. The average molecular weight is 230 g/mol. The average Bonchev–Trinajstić information content (AvgIpc) is 2.71. The topological polar surface area (TPSA) is 62.8 Å². The van der Waals surface area contributed by atoms with Crippen LogP contribution >= 0.6 is 0 Å². The summed E-state index contributed by atoms with van der Waals surface area (Å²) in [6, 6.07) is 8.45. The highest BCUT2D eigenvalue weighted by molar-refractivity contribution is 5.73. The van der Waals surface area contributed by atoms with Gasteiger partial charge in [0.25, 0.3) is 0 Å². The van der Waals surface area contributed by atoms with Crippen molar-refractivity contribution in [1.82, 2.24) is 15.2 Å². The van der Waals surface area contributed by atoms with E-state index >= 15 is 0 Å². The third-order valence-electron chi connectivity index (χ3n) is 2.76. The molecule has 3 rings (SSSR count). The maximum absolute atomic E-state index is 5.16. The molecule has 5 heteroatoms. The van der Waals surface area contributed by atoms with Gasteiger partial charge in [0.1, 0.15) is 5.82 Å². The number of aryl methyl sites for hydroxylation is 1. The summed E-state index contributed by atoms with van der Waals surface area (Å²) in [6.45, 7) is 3.43. The highest BCUT2D eigenvalue weighted by atomic mass is 16.5. The minimum absolute atomic E-state index is 0.399. The van der Waals surface area contributed by atoms with E-state index in [4.69, 9.17) is 4.74 Å². The van der Waals surface area contributed by atoms with E-state index in [1.807, 2.05) is 31.2 Å². The maximum Gasteiger partial charge on any atom is 0.183 e. The first kappa shape index (κ1) is 10.3. The van der Waals surface area contributed by atoms with Crippen LogP contribution in [-0.4, -0.2) is 34.4 Å². The van der Waals surface area contributed by atoms with Crippen LogP contribution in [0.15, 0.2) is 24.3 Å². The molecule has 5 nitrogen and oxygen atoms in total. The van der Waals surface area contributed by atoms with Gasteiger partial charge in [0.05, 0.1) is 19.3 Å². The second kappa shape index (κ2) is 4.18. The zero-order valence-corrected chi connectivity index (χ0v) is 9.60. The Morgan fingerprint density at radius 3 is 2.82 bits per heavy atom.